The van der Waals surface area contributed by atoms with E-state index in [0.29, 0.717) is 34.6 Å². The molecule has 2 saturated heterocycles. The van der Waals surface area contributed by atoms with Crippen molar-refractivity contribution in [3.05, 3.63) is 167 Å². The lowest BCUT2D eigenvalue weighted by Crippen LogP contribution is -2.75. The first-order chi connectivity index (χ1) is 43.0. The van der Waals surface area contributed by atoms with E-state index in [1.807, 2.05) is 116 Å². The Hall–Kier alpha value is -9.02. The predicted octanol–water partition coefficient (Wildman–Crippen LogP) is 11.2. The van der Waals surface area contributed by atoms with Crippen molar-refractivity contribution in [2.75, 3.05) is 45.3 Å². The molecule has 2 N–H and O–H groups in total. The SMILES string of the molecule is CO.COc1ccc(COC(=O)[C@@H]2C(Cc3ccnc(N(Cc4ccc(OC)cc4)C(=O)OC(C)(C)C)c3)C(=O)N2[Si](C)(C)C(C)(C)C)cc1.COc1ccc(COC(=O)[C@H]2NC(=O)C2Cc2ccnc(N(Cc3ccc(OC)cc3)C(=O)OC(C)(C)C)c2)cc1. The monoisotopic (exact) mass is 1270 g/mol. The Morgan fingerprint density at radius 1 is 0.516 bits per heavy atom. The second-order valence-electron chi connectivity index (χ2n) is 25.4. The number of β-lactam (4-membered cyclic amide) rings is 2. The van der Waals surface area contributed by atoms with Crippen molar-refractivity contribution >= 4 is 55.8 Å². The Kier molecular flexibility index (Phi) is 24.3. The lowest BCUT2D eigenvalue weighted by atomic mass is 9.85. The van der Waals surface area contributed by atoms with Crippen LogP contribution in [0.3, 0.4) is 0 Å². The molecule has 2 unspecified atom stereocenters. The second-order valence-corrected chi connectivity index (χ2v) is 30.5. The van der Waals surface area contributed by atoms with Crippen molar-refractivity contribution < 1.29 is 71.8 Å². The largest absolute Gasteiger partial charge is 0.497 e. The summed E-state index contributed by atoms with van der Waals surface area (Å²) >= 11 is 0. The number of aliphatic hydroxyl groups is 1. The third-order valence-corrected chi connectivity index (χ3v) is 20.9. The summed E-state index contributed by atoms with van der Waals surface area (Å²) in [6, 6.07) is 34.9. The van der Waals surface area contributed by atoms with Crippen molar-refractivity contribution in [1.29, 1.82) is 0 Å². The standard InChI is InChI=1S/C37H49N3O7Si.C31H35N3O7.CH4O/c1-36(2,3)47-35(43)39(23-25-11-15-28(44-7)16-12-25)31-22-27(19-20-38-31)21-30-32(40(33(30)41)48(9,10)37(4,5)6)34(42)46-24-26-13-17-29(45-8)18-14-26;1-31(2,3)41-30(37)34(18-20-6-10-23(38-4)11-7-20)26-17-22(14-15-32-26)16-25-27(33-28(25)35)29(36)40-19-21-8-12-24(39-5)13-9-21;1-2/h11-20,22,30,32H,21,23-24H2,1-10H3;6-15,17,25,27H,16,18-19H2,1-5H3,(H,33,35);2H,1H3/t30?,32-;25?,27-;/m00./s1. The van der Waals surface area contributed by atoms with Gasteiger partial charge in [-0.25, -0.2) is 29.1 Å². The van der Waals surface area contributed by atoms with Gasteiger partial charge in [0.15, 0.2) is 8.24 Å². The maximum atomic E-state index is 13.9. The van der Waals surface area contributed by atoms with Crippen LogP contribution in [0.2, 0.25) is 18.1 Å². The molecule has 4 amide bonds. The zero-order valence-electron chi connectivity index (χ0n) is 55.2. The molecule has 8 rings (SSSR count). The minimum atomic E-state index is -2.43. The molecule has 2 aliphatic rings. The van der Waals surface area contributed by atoms with E-state index in [0.717, 1.165) is 40.5 Å². The molecular weight excluding hydrogens is 1180 g/mol. The van der Waals surface area contributed by atoms with Crippen LogP contribution in [0.4, 0.5) is 21.2 Å². The number of nitrogens with one attached hydrogen (secondary N) is 1. The topological polar surface area (TPSA) is 244 Å². The number of rotatable bonds is 21. The summed E-state index contributed by atoms with van der Waals surface area (Å²) < 4.78 is 45.4. The molecule has 91 heavy (non-hydrogen) atoms. The minimum absolute atomic E-state index is 0.0615. The number of esters is 2. The van der Waals surface area contributed by atoms with Gasteiger partial charge in [-0.2, -0.15) is 0 Å². The first-order valence-corrected chi connectivity index (χ1v) is 32.8. The Balaban J connectivity index is 0.000000285. The average molecular weight is 1270 g/mol. The van der Waals surface area contributed by atoms with Gasteiger partial charge < -0.3 is 52.9 Å². The third kappa shape index (κ3) is 19.3. The Labute approximate surface area is 535 Å². The summed E-state index contributed by atoms with van der Waals surface area (Å²) in [5, 5.41) is 9.47. The first kappa shape index (κ1) is 71.1. The van der Waals surface area contributed by atoms with Crippen LogP contribution < -0.4 is 34.1 Å². The van der Waals surface area contributed by atoms with Crippen molar-refractivity contribution in [2.45, 2.75) is 143 Å². The minimum Gasteiger partial charge on any atom is -0.497 e. The molecule has 4 aromatic carbocycles. The summed E-state index contributed by atoms with van der Waals surface area (Å²) in [5.41, 5.74) is 3.40. The van der Waals surface area contributed by atoms with Gasteiger partial charge in [-0.15, -0.1) is 0 Å². The number of carbonyl (C=O) groups is 6. The van der Waals surface area contributed by atoms with Crippen molar-refractivity contribution in [3.8, 4) is 23.0 Å². The number of benzene rings is 4. The predicted molar refractivity (Wildman–Crippen MR) is 347 cm³/mol. The van der Waals surface area contributed by atoms with E-state index in [4.69, 9.17) is 43.0 Å². The maximum Gasteiger partial charge on any atom is 0.416 e. The second kappa shape index (κ2) is 31.1. The summed E-state index contributed by atoms with van der Waals surface area (Å²) in [6.45, 7) is 22.0. The highest BCUT2D eigenvalue weighted by molar-refractivity contribution is 6.80. The fraction of sp³-hybridized carbons (Fsp3) is 0.420. The van der Waals surface area contributed by atoms with E-state index in [-0.39, 0.29) is 56.0 Å². The lowest BCUT2D eigenvalue weighted by molar-refractivity contribution is -0.168. The number of anilines is 2. The van der Waals surface area contributed by atoms with Gasteiger partial charge >= 0.3 is 24.1 Å². The fourth-order valence-electron chi connectivity index (χ4n) is 9.70. The van der Waals surface area contributed by atoms with E-state index in [2.05, 4.69) is 49.1 Å². The Morgan fingerprint density at radius 3 is 1.21 bits per heavy atom. The maximum absolute atomic E-state index is 13.9. The number of hydrogen-bond acceptors (Lipinski definition) is 17. The van der Waals surface area contributed by atoms with Gasteiger partial charge in [0, 0.05) is 19.5 Å². The molecule has 2 aliphatic heterocycles. The Bertz CT molecular complexity index is 3420. The molecule has 0 aliphatic carbocycles. The van der Waals surface area contributed by atoms with Crippen molar-refractivity contribution in [1.82, 2.24) is 19.9 Å². The number of carbonyl (C=O) groups excluding carboxylic acids is 6. The average Bonchev–Trinajstić information content (AvgIpc) is 0.729. The number of amides is 4. The molecule has 22 heteroatoms. The van der Waals surface area contributed by atoms with Crippen LogP contribution in [0.1, 0.15) is 95.7 Å². The highest BCUT2D eigenvalue weighted by Crippen LogP contribution is 2.46. The number of nitrogens with zero attached hydrogens (tertiary/aromatic N) is 5. The molecule has 2 aromatic heterocycles. The summed E-state index contributed by atoms with van der Waals surface area (Å²) in [4.78, 5) is 91.4. The first-order valence-electron chi connectivity index (χ1n) is 29.9. The summed E-state index contributed by atoms with van der Waals surface area (Å²) in [6.07, 6.45) is 2.64. The molecule has 4 heterocycles. The van der Waals surface area contributed by atoms with Crippen molar-refractivity contribution in [2.24, 2.45) is 11.8 Å². The molecule has 4 atom stereocenters. The van der Waals surface area contributed by atoms with E-state index < -0.39 is 67.5 Å². The summed E-state index contributed by atoms with van der Waals surface area (Å²) in [7, 11) is 4.93. The number of methoxy groups -OCH3 is 4. The van der Waals surface area contributed by atoms with Gasteiger partial charge in [-0.3, -0.25) is 19.4 Å². The van der Waals surface area contributed by atoms with E-state index in [9.17, 15) is 28.8 Å². The van der Waals surface area contributed by atoms with Gasteiger partial charge in [0.05, 0.1) is 53.4 Å². The molecule has 0 radical (unpaired) electrons. The van der Waals surface area contributed by atoms with Crippen LogP contribution in [0.5, 0.6) is 23.0 Å². The van der Waals surface area contributed by atoms with Crippen LogP contribution in [0, 0.1) is 11.8 Å². The quantitative estimate of drug-likeness (QED) is 0.0294. The van der Waals surface area contributed by atoms with Gasteiger partial charge in [-0.05, 0) is 166 Å². The van der Waals surface area contributed by atoms with Crippen LogP contribution >= 0.6 is 0 Å². The smallest absolute Gasteiger partial charge is 0.416 e. The molecule has 0 saturated carbocycles. The number of aliphatic hydroxyl groups excluding tert-OH is 1. The molecule has 6 aromatic rings. The van der Waals surface area contributed by atoms with Gasteiger partial charge in [0.1, 0.15) is 71.1 Å². The molecule has 21 nitrogen and oxygen atoms in total. The van der Waals surface area contributed by atoms with Gasteiger partial charge in [-0.1, -0.05) is 82.4 Å². The number of hydrogen-bond donors (Lipinski definition) is 2. The number of pyridine rings is 2. The van der Waals surface area contributed by atoms with Crippen LogP contribution in [-0.2, 0) is 77.3 Å². The molecular formula is C69H88N6O15Si. The molecule has 2 fully saturated rings. The third-order valence-electron chi connectivity index (χ3n) is 15.6. The van der Waals surface area contributed by atoms with E-state index >= 15 is 0 Å². The van der Waals surface area contributed by atoms with E-state index in [1.165, 1.54) is 9.80 Å². The van der Waals surface area contributed by atoms with Gasteiger partial charge in [0.2, 0.25) is 11.8 Å². The highest BCUT2D eigenvalue weighted by atomic mass is 28.3. The highest BCUT2D eigenvalue weighted by Gasteiger charge is 2.60. The van der Waals surface area contributed by atoms with Gasteiger partial charge in [0.25, 0.3) is 0 Å². The van der Waals surface area contributed by atoms with Crippen LogP contribution in [0.15, 0.2) is 134 Å². The summed E-state index contributed by atoms with van der Waals surface area (Å²) in [5.74, 6) is 1.12. The normalized spacial score (nSPS) is 16.1. The molecule has 488 valence electrons. The molecule has 0 spiro atoms. The Morgan fingerprint density at radius 2 is 0.868 bits per heavy atom. The molecule has 0 bridgehead atoms. The fourth-order valence-corrected chi connectivity index (χ4v) is 12.1. The van der Waals surface area contributed by atoms with Crippen LogP contribution in [-0.4, -0.2) is 123 Å². The number of ether oxygens (including phenoxy) is 8. The van der Waals surface area contributed by atoms with Crippen LogP contribution in [0.25, 0.3) is 0 Å². The zero-order valence-corrected chi connectivity index (χ0v) is 56.2. The zero-order chi connectivity index (χ0) is 67.0. The number of aromatic nitrogens is 2. The van der Waals surface area contributed by atoms with E-state index in [1.54, 1.807) is 91.9 Å². The lowest BCUT2D eigenvalue weighted by Gasteiger charge is -2.57. The van der Waals surface area contributed by atoms with Crippen molar-refractivity contribution in [3.63, 3.8) is 0 Å².